The van der Waals surface area contributed by atoms with Crippen LogP contribution in [-0.2, 0) is 30.5 Å². The van der Waals surface area contributed by atoms with Gasteiger partial charge in [0.2, 0.25) is 0 Å². The van der Waals surface area contributed by atoms with Crippen molar-refractivity contribution in [2.75, 3.05) is 32.8 Å². The minimum absolute atomic E-state index is 0.115. The third-order valence-electron chi connectivity index (χ3n) is 4.32. The largest absolute Gasteiger partial charge is 0.379 e. The highest BCUT2D eigenvalue weighted by molar-refractivity contribution is 5.17. The maximum Gasteiger partial charge on any atom is 0.272 e. The lowest BCUT2D eigenvalue weighted by molar-refractivity contribution is 0.0361. The van der Waals surface area contributed by atoms with Crippen LogP contribution < -0.4 is 5.56 Å². The molecule has 0 aliphatic carbocycles. The SMILES string of the molecule is CCCc1nc(CC)c(CC)n(CCN2CCOCC2)c1=O. The van der Waals surface area contributed by atoms with E-state index in [1.54, 1.807) is 0 Å². The predicted molar refractivity (Wildman–Crippen MR) is 88.5 cm³/mol. The van der Waals surface area contributed by atoms with Gasteiger partial charge < -0.3 is 9.30 Å². The molecular formula is C17H29N3O2. The van der Waals surface area contributed by atoms with Crippen molar-refractivity contribution < 1.29 is 4.74 Å². The fraction of sp³-hybridized carbons (Fsp3) is 0.765. The zero-order chi connectivity index (χ0) is 15.9. The van der Waals surface area contributed by atoms with Gasteiger partial charge in [-0.2, -0.15) is 0 Å². The van der Waals surface area contributed by atoms with Crippen molar-refractivity contribution in [1.29, 1.82) is 0 Å². The average Bonchev–Trinajstić information content (AvgIpc) is 2.56. The Labute approximate surface area is 133 Å². The van der Waals surface area contributed by atoms with Crippen LogP contribution in [0, 0.1) is 0 Å². The second kappa shape index (κ2) is 8.44. The Morgan fingerprint density at radius 1 is 1.05 bits per heavy atom. The monoisotopic (exact) mass is 307 g/mol. The fourth-order valence-corrected chi connectivity index (χ4v) is 3.09. The molecule has 0 aromatic carbocycles. The van der Waals surface area contributed by atoms with Crippen LogP contribution in [0.25, 0.3) is 0 Å². The van der Waals surface area contributed by atoms with E-state index in [4.69, 9.17) is 4.74 Å². The van der Waals surface area contributed by atoms with Gasteiger partial charge in [0.1, 0.15) is 5.69 Å². The standard InChI is InChI=1S/C17H29N3O2/c1-4-7-15-17(21)20(16(6-3)14(5-2)18-15)9-8-19-10-12-22-13-11-19/h4-13H2,1-3H3. The van der Waals surface area contributed by atoms with Gasteiger partial charge in [-0.15, -0.1) is 0 Å². The summed E-state index contributed by atoms with van der Waals surface area (Å²) in [5, 5.41) is 0. The van der Waals surface area contributed by atoms with E-state index < -0.39 is 0 Å². The molecule has 0 unspecified atom stereocenters. The van der Waals surface area contributed by atoms with Crippen LogP contribution in [0.4, 0.5) is 0 Å². The number of morpholine rings is 1. The normalized spacial score (nSPS) is 16.1. The average molecular weight is 307 g/mol. The quantitative estimate of drug-likeness (QED) is 0.768. The molecule has 0 atom stereocenters. The summed E-state index contributed by atoms with van der Waals surface area (Å²) < 4.78 is 7.37. The number of ether oxygens (including phenoxy) is 1. The molecule has 1 aromatic rings. The summed E-state index contributed by atoms with van der Waals surface area (Å²) in [5.74, 6) is 0. The Morgan fingerprint density at radius 2 is 1.77 bits per heavy atom. The molecule has 0 radical (unpaired) electrons. The van der Waals surface area contributed by atoms with Gasteiger partial charge in [0.05, 0.1) is 18.9 Å². The Hall–Kier alpha value is -1.20. The first-order valence-corrected chi connectivity index (χ1v) is 8.62. The summed E-state index contributed by atoms with van der Waals surface area (Å²) >= 11 is 0. The van der Waals surface area contributed by atoms with Crippen molar-refractivity contribution in [1.82, 2.24) is 14.5 Å². The number of hydrogen-bond acceptors (Lipinski definition) is 4. The van der Waals surface area contributed by atoms with Crippen LogP contribution >= 0.6 is 0 Å². The van der Waals surface area contributed by atoms with Gasteiger partial charge in [-0.25, -0.2) is 0 Å². The summed E-state index contributed by atoms with van der Waals surface area (Å²) in [6, 6.07) is 0. The third kappa shape index (κ3) is 3.96. The zero-order valence-corrected chi connectivity index (χ0v) is 14.2. The molecule has 1 fully saturated rings. The highest BCUT2D eigenvalue weighted by Crippen LogP contribution is 2.09. The van der Waals surface area contributed by atoms with E-state index in [0.717, 1.165) is 82.2 Å². The van der Waals surface area contributed by atoms with Gasteiger partial charge >= 0.3 is 0 Å². The molecule has 1 aromatic heterocycles. The maximum atomic E-state index is 12.7. The van der Waals surface area contributed by atoms with Crippen LogP contribution in [-0.4, -0.2) is 47.3 Å². The zero-order valence-electron chi connectivity index (χ0n) is 14.2. The van der Waals surface area contributed by atoms with Gasteiger partial charge in [0.15, 0.2) is 0 Å². The second-order valence-corrected chi connectivity index (χ2v) is 5.82. The first kappa shape index (κ1) is 17.2. The molecule has 0 amide bonds. The molecule has 1 aliphatic rings. The molecule has 124 valence electrons. The molecule has 5 nitrogen and oxygen atoms in total. The van der Waals surface area contributed by atoms with Gasteiger partial charge in [-0.05, 0) is 19.3 Å². The first-order chi connectivity index (χ1) is 10.7. The molecule has 1 aliphatic heterocycles. The summed E-state index contributed by atoms with van der Waals surface area (Å²) in [7, 11) is 0. The van der Waals surface area contributed by atoms with E-state index in [2.05, 4.69) is 30.7 Å². The van der Waals surface area contributed by atoms with Gasteiger partial charge in [-0.1, -0.05) is 27.2 Å². The van der Waals surface area contributed by atoms with E-state index in [-0.39, 0.29) is 5.56 Å². The first-order valence-electron chi connectivity index (χ1n) is 8.62. The Bertz CT molecular complexity index is 533. The Morgan fingerprint density at radius 3 is 2.36 bits per heavy atom. The van der Waals surface area contributed by atoms with Crippen LogP contribution in [0.15, 0.2) is 4.79 Å². The maximum absolute atomic E-state index is 12.7. The number of rotatable bonds is 7. The fourth-order valence-electron chi connectivity index (χ4n) is 3.09. The highest BCUT2D eigenvalue weighted by Gasteiger charge is 2.16. The van der Waals surface area contributed by atoms with Crippen molar-refractivity contribution in [3.8, 4) is 0 Å². The van der Waals surface area contributed by atoms with Gasteiger partial charge in [0.25, 0.3) is 5.56 Å². The van der Waals surface area contributed by atoms with E-state index in [1.165, 1.54) is 0 Å². The minimum atomic E-state index is 0.115. The lowest BCUT2D eigenvalue weighted by atomic mass is 10.1. The Balaban J connectivity index is 2.25. The molecule has 2 rings (SSSR count). The van der Waals surface area contributed by atoms with E-state index in [0.29, 0.717) is 0 Å². The molecule has 0 bridgehead atoms. The van der Waals surface area contributed by atoms with Gasteiger partial charge in [-0.3, -0.25) is 14.7 Å². The molecular weight excluding hydrogens is 278 g/mol. The van der Waals surface area contributed by atoms with Crippen LogP contribution in [0.1, 0.15) is 44.3 Å². The lowest BCUT2D eigenvalue weighted by Gasteiger charge is -2.27. The van der Waals surface area contributed by atoms with Crippen LogP contribution in [0.5, 0.6) is 0 Å². The smallest absolute Gasteiger partial charge is 0.272 e. The summed E-state index contributed by atoms with van der Waals surface area (Å²) in [6.45, 7) is 11.5. The topological polar surface area (TPSA) is 47.4 Å². The number of aryl methyl sites for hydroxylation is 2. The number of nitrogens with zero attached hydrogens (tertiary/aromatic N) is 3. The molecule has 5 heteroatoms. The van der Waals surface area contributed by atoms with Crippen molar-refractivity contribution >= 4 is 0 Å². The highest BCUT2D eigenvalue weighted by atomic mass is 16.5. The van der Waals surface area contributed by atoms with Crippen molar-refractivity contribution in [3.63, 3.8) is 0 Å². The molecule has 22 heavy (non-hydrogen) atoms. The van der Waals surface area contributed by atoms with E-state index in [1.807, 2.05) is 4.57 Å². The van der Waals surface area contributed by atoms with Gasteiger partial charge in [0, 0.05) is 31.9 Å². The third-order valence-corrected chi connectivity index (χ3v) is 4.32. The van der Waals surface area contributed by atoms with Crippen LogP contribution in [0.3, 0.4) is 0 Å². The number of aromatic nitrogens is 2. The van der Waals surface area contributed by atoms with Crippen molar-refractivity contribution in [3.05, 3.63) is 27.4 Å². The number of hydrogen-bond donors (Lipinski definition) is 0. The van der Waals surface area contributed by atoms with Crippen LogP contribution in [0.2, 0.25) is 0 Å². The predicted octanol–water partition coefficient (Wildman–Crippen LogP) is 1.65. The van der Waals surface area contributed by atoms with E-state index in [9.17, 15) is 4.79 Å². The molecule has 1 saturated heterocycles. The van der Waals surface area contributed by atoms with Crippen molar-refractivity contribution in [2.24, 2.45) is 0 Å². The summed E-state index contributed by atoms with van der Waals surface area (Å²) in [6.07, 6.45) is 3.48. The lowest BCUT2D eigenvalue weighted by Crippen LogP contribution is -2.40. The molecule has 2 heterocycles. The van der Waals surface area contributed by atoms with Crippen molar-refractivity contribution in [2.45, 2.75) is 53.0 Å². The summed E-state index contributed by atoms with van der Waals surface area (Å²) in [4.78, 5) is 19.8. The molecule has 0 N–H and O–H groups in total. The Kier molecular flexibility index (Phi) is 6.58. The van der Waals surface area contributed by atoms with E-state index >= 15 is 0 Å². The molecule has 0 spiro atoms. The summed E-state index contributed by atoms with van der Waals surface area (Å²) in [5.41, 5.74) is 3.05. The molecule has 0 saturated carbocycles. The minimum Gasteiger partial charge on any atom is -0.379 e. The second-order valence-electron chi connectivity index (χ2n) is 5.82.